The maximum Gasteiger partial charge on any atom is 0.214 e. The fraction of sp³-hybridized carbons (Fsp3) is 1.00. The molecular weight excluding hydrogens is 242 g/mol. The van der Waals surface area contributed by atoms with Crippen molar-refractivity contribution in [3.63, 3.8) is 0 Å². The molecule has 100 valence electrons. The summed E-state index contributed by atoms with van der Waals surface area (Å²) in [7, 11) is -3.31. The van der Waals surface area contributed by atoms with Crippen LogP contribution in [0, 0.1) is 0 Å². The predicted molar refractivity (Wildman–Crippen MR) is 64.2 cm³/mol. The van der Waals surface area contributed by atoms with E-state index in [-0.39, 0.29) is 11.3 Å². The molecule has 0 radical (unpaired) electrons. The summed E-state index contributed by atoms with van der Waals surface area (Å²) in [6.45, 7) is 1.03. The van der Waals surface area contributed by atoms with Crippen molar-refractivity contribution in [1.29, 1.82) is 0 Å². The van der Waals surface area contributed by atoms with E-state index in [4.69, 9.17) is 4.74 Å². The Labute approximate surface area is 103 Å². The number of sulfonamides is 1. The van der Waals surface area contributed by atoms with Gasteiger partial charge in [0.05, 0.1) is 11.4 Å². The van der Waals surface area contributed by atoms with Crippen LogP contribution in [0.2, 0.25) is 0 Å². The zero-order chi connectivity index (χ0) is 12.3. The second-order valence-electron chi connectivity index (χ2n) is 4.93. The maximum atomic E-state index is 12.1. The first-order chi connectivity index (χ1) is 8.09. The second kappa shape index (κ2) is 5.65. The molecule has 1 heterocycles. The van der Waals surface area contributed by atoms with Gasteiger partial charge in [-0.1, -0.05) is 12.8 Å². The van der Waals surface area contributed by atoms with Gasteiger partial charge < -0.3 is 9.84 Å². The van der Waals surface area contributed by atoms with E-state index >= 15 is 0 Å². The largest absolute Gasteiger partial charge is 0.391 e. The molecule has 6 heteroatoms. The Morgan fingerprint density at radius 2 is 1.71 bits per heavy atom. The summed E-state index contributed by atoms with van der Waals surface area (Å²) in [6.07, 6.45) is 3.98. The number of aliphatic hydroxyl groups is 1. The van der Waals surface area contributed by atoms with Gasteiger partial charge in [-0.05, 0) is 25.7 Å². The van der Waals surface area contributed by atoms with Crippen molar-refractivity contribution in [2.45, 2.75) is 55.9 Å². The van der Waals surface area contributed by atoms with Crippen LogP contribution in [0.5, 0.6) is 0 Å². The van der Waals surface area contributed by atoms with E-state index in [0.717, 1.165) is 19.3 Å². The fourth-order valence-electron chi connectivity index (χ4n) is 2.54. The number of hydrogen-bond acceptors (Lipinski definition) is 4. The summed E-state index contributed by atoms with van der Waals surface area (Å²) in [5.41, 5.74) is 0. The summed E-state index contributed by atoms with van der Waals surface area (Å²) in [6, 6.07) is -0.295. The molecule has 1 aliphatic carbocycles. The first kappa shape index (κ1) is 13.3. The van der Waals surface area contributed by atoms with E-state index in [1.807, 2.05) is 0 Å². The lowest BCUT2D eigenvalue weighted by molar-refractivity contribution is 0.0939. The molecule has 5 nitrogen and oxygen atoms in total. The molecule has 0 aromatic rings. The van der Waals surface area contributed by atoms with E-state index < -0.39 is 16.1 Å². The van der Waals surface area contributed by atoms with E-state index in [9.17, 15) is 13.5 Å². The molecule has 2 rings (SSSR count). The monoisotopic (exact) mass is 263 g/mol. The minimum Gasteiger partial charge on any atom is -0.391 e. The van der Waals surface area contributed by atoms with Crippen LogP contribution in [0.3, 0.4) is 0 Å². The Morgan fingerprint density at radius 1 is 1.06 bits per heavy atom. The standard InChI is InChI=1S/C11H21NO4S/c13-11-4-2-1-3-10(11)12-17(14,15)9-5-7-16-8-6-9/h9-13H,1-8H2/t10-,11-/m0/s1. The van der Waals surface area contributed by atoms with Crippen molar-refractivity contribution in [1.82, 2.24) is 4.72 Å². The molecule has 0 amide bonds. The Kier molecular flexibility index (Phi) is 4.41. The van der Waals surface area contributed by atoms with Crippen molar-refractivity contribution in [2.75, 3.05) is 13.2 Å². The average molecular weight is 263 g/mol. The van der Waals surface area contributed by atoms with Crippen molar-refractivity contribution in [3.05, 3.63) is 0 Å². The van der Waals surface area contributed by atoms with Gasteiger partial charge in [0, 0.05) is 19.3 Å². The minimum absolute atomic E-state index is 0.295. The molecule has 0 spiro atoms. The zero-order valence-corrected chi connectivity index (χ0v) is 10.8. The Bertz CT molecular complexity index is 337. The van der Waals surface area contributed by atoms with Gasteiger partial charge in [0.1, 0.15) is 0 Å². The van der Waals surface area contributed by atoms with Gasteiger partial charge >= 0.3 is 0 Å². The Hall–Kier alpha value is -0.170. The first-order valence-corrected chi connectivity index (χ1v) is 7.91. The predicted octanol–water partition coefficient (Wildman–Crippen LogP) is 0.388. The summed E-state index contributed by atoms with van der Waals surface area (Å²) in [5.74, 6) is 0. The maximum absolute atomic E-state index is 12.1. The molecule has 0 bridgehead atoms. The molecule has 0 aromatic heterocycles. The van der Waals surface area contributed by atoms with Crippen molar-refractivity contribution in [2.24, 2.45) is 0 Å². The molecule has 1 saturated heterocycles. The van der Waals surface area contributed by atoms with Gasteiger partial charge in [-0.2, -0.15) is 0 Å². The summed E-state index contributed by atoms with van der Waals surface area (Å²) >= 11 is 0. The molecule has 1 saturated carbocycles. The highest BCUT2D eigenvalue weighted by Gasteiger charge is 2.33. The van der Waals surface area contributed by atoms with Crippen molar-refractivity contribution in [3.8, 4) is 0 Å². The van der Waals surface area contributed by atoms with E-state index in [2.05, 4.69) is 4.72 Å². The van der Waals surface area contributed by atoms with Crippen LogP contribution >= 0.6 is 0 Å². The molecule has 2 fully saturated rings. The topological polar surface area (TPSA) is 75.6 Å². The van der Waals surface area contributed by atoms with E-state index in [1.54, 1.807) is 0 Å². The van der Waals surface area contributed by atoms with Crippen LogP contribution in [0.25, 0.3) is 0 Å². The quantitative estimate of drug-likeness (QED) is 0.772. The summed E-state index contributed by atoms with van der Waals surface area (Å²) < 4.78 is 32.1. The van der Waals surface area contributed by atoms with Gasteiger partial charge in [-0.3, -0.25) is 0 Å². The van der Waals surface area contributed by atoms with Gasteiger partial charge in [-0.25, -0.2) is 13.1 Å². The highest BCUT2D eigenvalue weighted by Crippen LogP contribution is 2.21. The van der Waals surface area contributed by atoms with E-state index in [0.29, 0.717) is 32.5 Å². The van der Waals surface area contributed by atoms with Crippen molar-refractivity contribution < 1.29 is 18.3 Å². The average Bonchev–Trinajstić information content (AvgIpc) is 2.33. The smallest absolute Gasteiger partial charge is 0.214 e. The van der Waals surface area contributed by atoms with Crippen LogP contribution in [-0.4, -0.2) is 44.1 Å². The third-order valence-corrected chi connectivity index (χ3v) is 5.63. The molecule has 0 unspecified atom stereocenters. The van der Waals surface area contributed by atoms with Crippen LogP contribution in [-0.2, 0) is 14.8 Å². The number of aliphatic hydroxyl groups excluding tert-OH is 1. The molecule has 0 aromatic carbocycles. The first-order valence-electron chi connectivity index (χ1n) is 6.36. The van der Waals surface area contributed by atoms with Gasteiger partial charge in [0.25, 0.3) is 0 Å². The lowest BCUT2D eigenvalue weighted by atomic mass is 9.93. The van der Waals surface area contributed by atoms with Gasteiger partial charge in [0.2, 0.25) is 10.0 Å². The Morgan fingerprint density at radius 3 is 2.35 bits per heavy atom. The molecule has 2 atom stereocenters. The number of nitrogens with one attached hydrogen (secondary N) is 1. The lowest BCUT2D eigenvalue weighted by Crippen LogP contribution is -2.49. The van der Waals surface area contributed by atoms with Crippen molar-refractivity contribution >= 4 is 10.0 Å². The summed E-state index contributed by atoms with van der Waals surface area (Å²) in [4.78, 5) is 0. The minimum atomic E-state index is -3.31. The Balaban J connectivity index is 1.95. The molecule has 1 aliphatic heterocycles. The van der Waals surface area contributed by atoms with Crippen LogP contribution < -0.4 is 4.72 Å². The van der Waals surface area contributed by atoms with Crippen LogP contribution in [0.1, 0.15) is 38.5 Å². The highest BCUT2D eigenvalue weighted by atomic mass is 32.2. The number of rotatable bonds is 3. The lowest BCUT2D eigenvalue weighted by Gasteiger charge is -2.30. The van der Waals surface area contributed by atoms with Crippen LogP contribution in [0.15, 0.2) is 0 Å². The number of hydrogen-bond donors (Lipinski definition) is 2. The highest BCUT2D eigenvalue weighted by molar-refractivity contribution is 7.90. The molecule has 2 N–H and O–H groups in total. The molecule has 17 heavy (non-hydrogen) atoms. The fourth-order valence-corrected chi connectivity index (χ4v) is 4.24. The third kappa shape index (κ3) is 3.40. The molecular formula is C11H21NO4S. The van der Waals surface area contributed by atoms with Gasteiger partial charge in [-0.15, -0.1) is 0 Å². The van der Waals surface area contributed by atoms with Gasteiger partial charge in [0.15, 0.2) is 0 Å². The SMILES string of the molecule is O=S(=O)(N[C@H]1CCCC[C@@H]1O)C1CCOCC1. The van der Waals surface area contributed by atoms with Crippen LogP contribution in [0.4, 0.5) is 0 Å². The summed E-state index contributed by atoms with van der Waals surface area (Å²) in [5, 5.41) is 9.42. The number of ether oxygens (including phenoxy) is 1. The van der Waals surface area contributed by atoms with E-state index in [1.165, 1.54) is 0 Å². The second-order valence-corrected chi connectivity index (χ2v) is 6.93. The normalized spacial score (nSPS) is 32.5. The molecule has 2 aliphatic rings. The third-order valence-electron chi connectivity index (χ3n) is 3.65. The zero-order valence-electron chi connectivity index (χ0n) is 9.97.